The summed E-state index contributed by atoms with van der Waals surface area (Å²) in [4.78, 5) is 0. The standard InChI is InChI=1S/C14H13ClN4/c15-12-6-2-1-5-10(12)14(18-16)11-9-17-19-8-4-3-7-13(11)19/h1-9,14,18H,16H2. The van der Waals surface area contributed by atoms with Crippen LogP contribution in [0.2, 0.25) is 5.02 Å². The van der Waals surface area contributed by atoms with Crippen molar-refractivity contribution in [1.82, 2.24) is 15.0 Å². The summed E-state index contributed by atoms with van der Waals surface area (Å²) < 4.78 is 1.82. The van der Waals surface area contributed by atoms with Gasteiger partial charge < -0.3 is 0 Å². The molecule has 0 amide bonds. The summed E-state index contributed by atoms with van der Waals surface area (Å²) >= 11 is 6.24. The van der Waals surface area contributed by atoms with Crippen LogP contribution in [-0.2, 0) is 0 Å². The van der Waals surface area contributed by atoms with Crippen molar-refractivity contribution in [2.75, 3.05) is 0 Å². The Bertz CT molecular complexity index is 707. The number of nitrogens with one attached hydrogen (secondary N) is 1. The number of benzene rings is 1. The fraction of sp³-hybridized carbons (Fsp3) is 0.0714. The second-order valence-corrected chi connectivity index (χ2v) is 4.66. The minimum atomic E-state index is -0.186. The van der Waals surface area contributed by atoms with Gasteiger partial charge in [-0.3, -0.25) is 5.84 Å². The molecule has 0 aliphatic rings. The van der Waals surface area contributed by atoms with Crippen molar-refractivity contribution in [3.8, 4) is 0 Å². The van der Waals surface area contributed by atoms with E-state index in [4.69, 9.17) is 17.4 Å². The lowest BCUT2D eigenvalue weighted by molar-refractivity contribution is 0.641. The minimum Gasteiger partial charge on any atom is -0.271 e. The van der Waals surface area contributed by atoms with Crippen molar-refractivity contribution in [2.45, 2.75) is 6.04 Å². The molecule has 19 heavy (non-hydrogen) atoms. The number of halogens is 1. The van der Waals surface area contributed by atoms with E-state index in [0.29, 0.717) is 5.02 Å². The molecule has 0 saturated heterocycles. The predicted octanol–water partition coefficient (Wildman–Crippen LogP) is 2.54. The lowest BCUT2D eigenvalue weighted by atomic mass is 10.0. The molecule has 1 aromatic carbocycles. The van der Waals surface area contributed by atoms with Crippen molar-refractivity contribution in [3.63, 3.8) is 0 Å². The minimum absolute atomic E-state index is 0.186. The van der Waals surface area contributed by atoms with Crippen LogP contribution in [0.3, 0.4) is 0 Å². The van der Waals surface area contributed by atoms with Crippen LogP contribution in [0.25, 0.3) is 5.52 Å². The number of pyridine rings is 1. The summed E-state index contributed by atoms with van der Waals surface area (Å²) in [6, 6.07) is 13.4. The zero-order valence-corrected chi connectivity index (χ0v) is 10.9. The number of nitrogens with zero attached hydrogens (tertiary/aromatic N) is 2. The van der Waals surface area contributed by atoms with E-state index in [1.165, 1.54) is 0 Å². The molecule has 2 heterocycles. The Hall–Kier alpha value is -1.88. The van der Waals surface area contributed by atoms with Gasteiger partial charge in [0.05, 0.1) is 17.8 Å². The van der Waals surface area contributed by atoms with Gasteiger partial charge >= 0.3 is 0 Å². The molecule has 0 bridgehead atoms. The van der Waals surface area contributed by atoms with Crippen molar-refractivity contribution >= 4 is 17.1 Å². The van der Waals surface area contributed by atoms with Crippen molar-refractivity contribution in [3.05, 3.63) is 71.0 Å². The second-order valence-electron chi connectivity index (χ2n) is 4.25. The third kappa shape index (κ3) is 2.10. The van der Waals surface area contributed by atoms with Crippen LogP contribution in [0, 0.1) is 0 Å². The van der Waals surface area contributed by atoms with Crippen LogP contribution >= 0.6 is 11.6 Å². The molecule has 1 unspecified atom stereocenters. The zero-order valence-electron chi connectivity index (χ0n) is 10.1. The number of hydrazine groups is 1. The summed E-state index contributed by atoms with van der Waals surface area (Å²) in [5.41, 5.74) is 5.75. The van der Waals surface area contributed by atoms with E-state index in [0.717, 1.165) is 16.6 Å². The van der Waals surface area contributed by atoms with Gasteiger partial charge in [-0.15, -0.1) is 0 Å². The molecule has 0 radical (unpaired) electrons. The number of nitrogens with two attached hydrogens (primary N) is 1. The molecule has 0 aliphatic carbocycles. The lowest BCUT2D eigenvalue weighted by Crippen LogP contribution is -2.29. The summed E-state index contributed by atoms with van der Waals surface area (Å²) in [7, 11) is 0. The van der Waals surface area contributed by atoms with E-state index in [9.17, 15) is 0 Å². The lowest BCUT2D eigenvalue weighted by Gasteiger charge is -2.16. The Morgan fingerprint density at radius 2 is 1.89 bits per heavy atom. The number of hydrogen-bond acceptors (Lipinski definition) is 3. The van der Waals surface area contributed by atoms with Crippen LogP contribution in [-0.4, -0.2) is 9.61 Å². The first-order valence-electron chi connectivity index (χ1n) is 5.94. The fourth-order valence-corrected chi connectivity index (χ4v) is 2.48. The number of fused-ring (bicyclic) bond motifs is 1. The summed E-state index contributed by atoms with van der Waals surface area (Å²) in [5, 5.41) is 5.00. The maximum atomic E-state index is 6.24. The molecule has 96 valence electrons. The van der Waals surface area contributed by atoms with E-state index >= 15 is 0 Å². The number of hydrogen-bond donors (Lipinski definition) is 2. The predicted molar refractivity (Wildman–Crippen MR) is 75.8 cm³/mol. The SMILES string of the molecule is NNC(c1ccccc1Cl)c1cnn2ccccc12. The highest BCUT2D eigenvalue weighted by Crippen LogP contribution is 2.29. The molecule has 4 nitrogen and oxygen atoms in total. The smallest absolute Gasteiger partial charge is 0.0761 e. The zero-order chi connectivity index (χ0) is 13.2. The highest BCUT2D eigenvalue weighted by Gasteiger charge is 2.19. The fourth-order valence-electron chi connectivity index (χ4n) is 2.23. The number of aromatic nitrogens is 2. The molecule has 0 aliphatic heterocycles. The molecule has 3 N–H and O–H groups in total. The van der Waals surface area contributed by atoms with Gasteiger partial charge in [0.25, 0.3) is 0 Å². The quantitative estimate of drug-likeness (QED) is 0.569. The Morgan fingerprint density at radius 1 is 1.11 bits per heavy atom. The average molecular weight is 273 g/mol. The molecule has 2 aromatic heterocycles. The van der Waals surface area contributed by atoms with Gasteiger partial charge in [0.15, 0.2) is 0 Å². The van der Waals surface area contributed by atoms with Gasteiger partial charge in [-0.25, -0.2) is 9.94 Å². The Morgan fingerprint density at radius 3 is 2.68 bits per heavy atom. The van der Waals surface area contributed by atoms with Gasteiger partial charge in [0.1, 0.15) is 0 Å². The first-order valence-corrected chi connectivity index (χ1v) is 6.32. The third-order valence-corrected chi connectivity index (χ3v) is 3.49. The van der Waals surface area contributed by atoms with Crippen molar-refractivity contribution < 1.29 is 0 Å². The largest absolute Gasteiger partial charge is 0.271 e. The topological polar surface area (TPSA) is 55.3 Å². The van der Waals surface area contributed by atoms with Crippen LogP contribution < -0.4 is 11.3 Å². The average Bonchev–Trinajstić information content (AvgIpc) is 2.86. The first kappa shape index (κ1) is 12.2. The normalized spacial score (nSPS) is 12.7. The molecule has 5 heteroatoms. The molecular weight excluding hydrogens is 260 g/mol. The Balaban J connectivity index is 2.15. The van der Waals surface area contributed by atoms with E-state index in [-0.39, 0.29) is 6.04 Å². The number of rotatable bonds is 3. The van der Waals surface area contributed by atoms with E-state index in [1.807, 2.05) is 59.4 Å². The molecule has 0 spiro atoms. The highest BCUT2D eigenvalue weighted by molar-refractivity contribution is 6.31. The molecule has 3 aromatic rings. The van der Waals surface area contributed by atoms with Gasteiger partial charge in [-0.05, 0) is 23.8 Å². The molecule has 0 fully saturated rings. The monoisotopic (exact) mass is 272 g/mol. The molecule has 3 rings (SSSR count). The van der Waals surface area contributed by atoms with Crippen LogP contribution in [0.15, 0.2) is 54.9 Å². The van der Waals surface area contributed by atoms with Gasteiger partial charge in [-0.1, -0.05) is 35.9 Å². The van der Waals surface area contributed by atoms with Crippen molar-refractivity contribution in [2.24, 2.45) is 5.84 Å². The molecule has 0 saturated carbocycles. The summed E-state index contributed by atoms with van der Waals surface area (Å²) in [5.74, 6) is 5.71. The van der Waals surface area contributed by atoms with Crippen LogP contribution in [0.1, 0.15) is 17.2 Å². The van der Waals surface area contributed by atoms with E-state index < -0.39 is 0 Å². The maximum Gasteiger partial charge on any atom is 0.0761 e. The van der Waals surface area contributed by atoms with Gasteiger partial charge in [0.2, 0.25) is 0 Å². The second kappa shape index (κ2) is 5.01. The van der Waals surface area contributed by atoms with Crippen molar-refractivity contribution in [1.29, 1.82) is 0 Å². The van der Waals surface area contributed by atoms with Gasteiger partial charge in [-0.2, -0.15) is 5.10 Å². The van der Waals surface area contributed by atoms with E-state index in [2.05, 4.69) is 10.5 Å². The van der Waals surface area contributed by atoms with Crippen LogP contribution in [0.4, 0.5) is 0 Å². The summed E-state index contributed by atoms with van der Waals surface area (Å²) in [6.07, 6.45) is 3.71. The summed E-state index contributed by atoms with van der Waals surface area (Å²) in [6.45, 7) is 0. The van der Waals surface area contributed by atoms with Crippen LogP contribution in [0.5, 0.6) is 0 Å². The third-order valence-electron chi connectivity index (χ3n) is 3.15. The maximum absolute atomic E-state index is 6.24. The van der Waals surface area contributed by atoms with E-state index in [1.54, 1.807) is 0 Å². The molecular formula is C14H13ClN4. The van der Waals surface area contributed by atoms with Gasteiger partial charge in [0, 0.05) is 16.8 Å². The Labute approximate surface area is 115 Å². The highest BCUT2D eigenvalue weighted by atomic mass is 35.5. The first-order chi connectivity index (χ1) is 9.31. The Kier molecular flexibility index (Phi) is 3.21. The molecule has 1 atom stereocenters.